The van der Waals surface area contributed by atoms with E-state index in [4.69, 9.17) is 10.1 Å². The molecular formula is C26H26FN5O. The van der Waals surface area contributed by atoms with Crippen LogP contribution in [0, 0.1) is 5.82 Å². The number of para-hydroxylation sites is 2. The highest BCUT2D eigenvalue weighted by Gasteiger charge is 2.32. The van der Waals surface area contributed by atoms with E-state index in [1.54, 1.807) is 12.1 Å². The van der Waals surface area contributed by atoms with Crippen LogP contribution < -0.4 is 0 Å². The Hall–Kier alpha value is -3.48. The Labute approximate surface area is 191 Å². The monoisotopic (exact) mass is 443 g/mol. The maximum Gasteiger partial charge on any atom is 0.274 e. The molecular weight excluding hydrogens is 417 g/mol. The molecule has 7 heteroatoms. The highest BCUT2D eigenvalue weighted by atomic mass is 19.1. The third-order valence-electron chi connectivity index (χ3n) is 6.96. The molecule has 6 nitrogen and oxygen atoms in total. The van der Waals surface area contributed by atoms with Crippen LogP contribution in [0.1, 0.15) is 59.2 Å². The number of carbonyl (C=O) groups excluding carboxylic acids is 1. The number of piperidine rings is 1. The third-order valence-corrected chi connectivity index (χ3v) is 6.96. The SMILES string of the molecule is O=C(c1nn(-c2ccc(F)cc2)c2c1CCCC2)N1CCCC(c2nc3ccccc3[nH]2)C1. The summed E-state index contributed by atoms with van der Waals surface area (Å²) in [6.45, 7) is 1.37. The molecule has 33 heavy (non-hydrogen) atoms. The second-order valence-electron chi connectivity index (χ2n) is 9.10. The first-order chi connectivity index (χ1) is 16.2. The number of fused-ring (bicyclic) bond motifs is 2. The van der Waals surface area contributed by atoms with E-state index in [1.165, 1.54) is 12.1 Å². The molecule has 1 unspecified atom stereocenters. The summed E-state index contributed by atoms with van der Waals surface area (Å²) < 4.78 is 15.3. The smallest absolute Gasteiger partial charge is 0.274 e. The van der Waals surface area contributed by atoms with Gasteiger partial charge in [-0.1, -0.05) is 12.1 Å². The van der Waals surface area contributed by atoms with Crippen LogP contribution in [0.5, 0.6) is 0 Å². The predicted molar refractivity (Wildman–Crippen MR) is 124 cm³/mol. The zero-order chi connectivity index (χ0) is 22.4. The average molecular weight is 444 g/mol. The molecule has 0 spiro atoms. The number of hydrogen-bond donors (Lipinski definition) is 1. The van der Waals surface area contributed by atoms with Crippen LogP contribution >= 0.6 is 0 Å². The summed E-state index contributed by atoms with van der Waals surface area (Å²) in [6, 6.07) is 14.4. The second-order valence-corrected chi connectivity index (χ2v) is 9.10. The number of likely N-dealkylation sites (tertiary alicyclic amines) is 1. The van der Waals surface area contributed by atoms with Gasteiger partial charge in [0.25, 0.3) is 5.91 Å². The van der Waals surface area contributed by atoms with Crippen molar-refractivity contribution in [2.75, 3.05) is 13.1 Å². The van der Waals surface area contributed by atoms with E-state index in [0.717, 1.165) is 78.9 Å². The van der Waals surface area contributed by atoms with Gasteiger partial charge in [-0.2, -0.15) is 5.10 Å². The minimum Gasteiger partial charge on any atom is -0.342 e. The third kappa shape index (κ3) is 3.61. The molecule has 0 saturated carbocycles. The maximum atomic E-state index is 13.7. The van der Waals surface area contributed by atoms with Gasteiger partial charge in [-0.3, -0.25) is 4.79 Å². The Bertz CT molecular complexity index is 1290. The van der Waals surface area contributed by atoms with E-state index in [1.807, 2.05) is 33.8 Å². The van der Waals surface area contributed by atoms with Gasteiger partial charge in [0.15, 0.2) is 5.69 Å². The predicted octanol–water partition coefficient (Wildman–Crippen LogP) is 4.79. The van der Waals surface area contributed by atoms with Crippen molar-refractivity contribution in [1.82, 2.24) is 24.6 Å². The quantitative estimate of drug-likeness (QED) is 0.495. The summed E-state index contributed by atoms with van der Waals surface area (Å²) in [5.74, 6) is 0.855. The van der Waals surface area contributed by atoms with Crippen molar-refractivity contribution >= 4 is 16.9 Å². The van der Waals surface area contributed by atoms with E-state index >= 15 is 0 Å². The Morgan fingerprint density at radius 2 is 1.85 bits per heavy atom. The van der Waals surface area contributed by atoms with E-state index in [-0.39, 0.29) is 17.6 Å². The van der Waals surface area contributed by atoms with Gasteiger partial charge in [0.1, 0.15) is 11.6 Å². The lowest BCUT2D eigenvalue weighted by Crippen LogP contribution is -2.40. The molecule has 4 aromatic rings. The van der Waals surface area contributed by atoms with Crippen LogP contribution in [0.25, 0.3) is 16.7 Å². The summed E-state index contributed by atoms with van der Waals surface area (Å²) in [6.07, 6.45) is 5.82. The molecule has 1 aliphatic heterocycles. The number of rotatable bonds is 3. The number of imidazole rings is 1. The van der Waals surface area contributed by atoms with Gasteiger partial charge in [-0.15, -0.1) is 0 Å². The molecule has 1 saturated heterocycles. The zero-order valence-electron chi connectivity index (χ0n) is 18.4. The number of halogens is 1. The van der Waals surface area contributed by atoms with Crippen LogP contribution in [0.4, 0.5) is 4.39 Å². The molecule has 1 aliphatic carbocycles. The molecule has 168 valence electrons. The van der Waals surface area contributed by atoms with Crippen LogP contribution in [0.2, 0.25) is 0 Å². The molecule has 3 heterocycles. The highest BCUT2D eigenvalue weighted by Crippen LogP contribution is 2.31. The number of nitrogens with zero attached hydrogens (tertiary/aromatic N) is 4. The van der Waals surface area contributed by atoms with Crippen LogP contribution in [0.3, 0.4) is 0 Å². The van der Waals surface area contributed by atoms with Crippen LogP contribution in [0.15, 0.2) is 48.5 Å². The number of aromatic nitrogens is 4. The van der Waals surface area contributed by atoms with E-state index < -0.39 is 0 Å². The normalized spacial score (nSPS) is 18.5. The molecule has 2 aliphatic rings. The van der Waals surface area contributed by atoms with E-state index in [2.05, 4.69) is 4.98 Å². The van der Waals surface area contributed by atoms with Gasteiger partial charge < -0.3 is 9.88 Å². The van der Waals surface area contributed by atoms with Gasteiger partial charge in [0.05, 0.1) is 16.7 Å². The van der Waals surface area contributed by atoms with Gasteiger partial charge in [0.2, 0.25) is 0 Å². The lowest BCUT2D eigenvalue weighted by molar-refractivity contribution is 0.0697. The number of aromatic amines is 1. The van der Waals surface area contributed by atoms with Crippen molar-refractivity contribution < 1.29 is 9.18 Å². The lowest BCUT2D eigenvalue weighted by atomic mass is 9.94. The zero-order valence-corrected chi connectivity index (χ0v) is 18.4. The molecule has 1 fully saturated rings. The van der Waals surface area contributed by atoms with Crippen molar-refractivity contribution in [3.05, 3.63) is 77.1 Å². The highest BCUT2D eigenvalue weighted by molar-refractivity contribution is 5.94. The van der Waals surface area contributed by atoms with Crippen LogP contribution in [-0.4, -0.2) is 43.6 Å². The number of hydrogen-bond acceptors (Lipinski definition) is 3. The average Bonchev–Trinajstić information content (AvgIpc) is 3.46. The minimum absolute atomic E-state index is 0.00479. The fourth-order valence-electron chi connectivity index (χ4n) is 5.27. The van der Waals surface area contributed by atoms with Crippen molar-refractivity contribution in [2.24, 2.45) is 0 Å². The summed E-state index contributed by atoms with van der Waals surface area (Å²) >= 11 is 0. The standard InChI is InChI=1S/C26H26FN5O/c27-18-11-13-19(14-12-18)32-23-10-4-1-7-20(23)24(30-32)26(33)31-15-5-6-17(16-31)25-28-21-8-2-3-9-22(21)29-25/h2-3,8-9,11-14,17H,1,4-7,10,15-16H2,(H,28,29). The molecule has 6 rings (SSSR count). The number of H-pyrrole nitrogens is 1. The molecule has 1 N–H and O–H groups in total. The minimum atomic E-state index is -0.277. The Kier molecular flexibility index (Phi) is 4.97. The Morgan fingerprint density at radius 1 is 1.03 bits per heavy atom. The molecule has 1 amide bonds. The number of carbonyl (C=O) groups is 1. The van der Waals surface area contributed by atoms with Gasteiger partial charge >= 0.3 is 0 Å². The Morgan fingerprint density at radius 3 is 2.70 bits per heavy atom. The maximum absolute atomic E-state index is 13.7. The molecule has 0 bridgehead atoms. The summed E-state index contributed by atoms with van der Waals surface area (Å²) in [5, 5.41) is 4.78. The van der Waals surface area contributed by atoms with Crippen molar-refractivity contribution in [3.63, 3.8) is 0 Å². The summed E-state index contributed by atoms with van der Waals surface area (Å²) in [4.78, 5) is 23.8. The number of amides is 1. The molecule has 2 aromatic heterocycles. The number of nitrogens with one attached hydrogen (secondary N) is 1. The summed E-state index contributed by atoms with van der Waals surface area (Å²) in [7, 11) is 0. The second kappa shape index (κ2) is 8.14. The van der Waals surface area contributed by atoms with Gasteiger partial charge in [0, 0.05) is 30.3 Å². The topological polar surface area (TPSA) is 66.8 Å². The molecule has 2 aromatic carbocycles. The first-order valence-electron chi connectivity index (χ1n) is 11.8. The fraction of sp³-hybridized carbons (Fsp3) is 0.346. The molecule has 0 radical (unpaired) electrons. The number of benzene rings is 2. The van der Waals surface area contributed by atoms with Gasteiger partial charge in [-0.05, 0) is 74.9 Å². The van der Waals surface area contributed by atoms with Crippen molar-refractivity contribution in [3.8, 4) is 5.69 Å². The Balaban J connectivity index is 1.30. The van der Waals surface area contributed by atoms with Crippen molar-refractivity contribution in [1.29, 1.82) is 0 Å². The van der Waals surface area contributed by atoms with E-state index in [0.29, 0.717) is 12.2 Å². The largest absolute Gasteiger partial charge is 0.342 e. The van der Waals surface area contributed by atoms with Gasteiger partial charge in [-0.25, -0.2) is 14.1 Å². The van der Waals surface area contributed by atoms with Crippen molar-refractivity contribution in [2.45, 2.75) is 44.4 Å². The van der Waals surface area contributed by atoms with E-state index in [9.17, 15) is 9.18 Å². The first-order valence-corrected chi connectivity index (χ1v) is 11.8. The molecule has 1 atom stereocenters. The summed E-state index contributed by atoms with van der Waals surface area (Å²) in [5.41, 5.74) is 5.49. The lowest BCUT2D eigenvalue weighted by Gasteiger charge is -2.31. The fourth-order valence-corrected chi connectivity index (χ4v) is 5.27. The first kappa shape index (κ1) is 20.1. The van der Waals surface area contributed by atoms with Crippen LogP contribution in [-0.2, 0) is 12.8 Å².